The SMILES string of the molecule is CCC(=O)c1[nH]c(CCc2ccc(Cl)cc2)c(C)c1Br. The second-order valence-corrected chi connectivity index (χ2v) is 6.05. The first-order valence-electron chi connectivity index (χ1n) is 6.67. The molecule has 0 bridgehead atoms. The fourth-order valence-electron chi connectivity index (χ4n) is 2.16. The second-order valence-electron chi connectivity index (χ2n) is 4.82. The number of benzene rings is 1. The fraction of sp³-hybridized carbons (Fsp3) is 0.312. The maximum Gasteiger partial charge on any atom is 0.179 e. The van der Waals surface area contributed by atoms with Crippen LogP contribution in [-0.4, -0.2) is 10.8 Å². The average molecular weight is 355 g/mol. The van der Waals surface area contributed by atoms with E-state index in [2.05, 4.69) is 20.9 Å². The first kappa shape index (κ1) is 15.3. The van der Waals surface area contributed by atoms with E-state index in [1.54, 1.807) is 0 Å². The number of aromatic amines is 1. The quantitative estimate of drug-likeness (QED) is 0.743. The molecule has 106 valence electrons. The monoisotopic (exact) mass is 353 g/mol. The number of aryl methyl sites for hydroxylation is 2. The lowest BCUT2D eigenvalue weighted by Gasteiger charge is -2.02. The summed E-state index contributed by atoms with van der Waals surface area (Å²) in [6.07, 6.45) is 2.31. The number of hydrogen-bond acceptors (Lipinski definition) is 1. The zero-order chi connectivity index (χ0) is 14.7. The Morgan fingerprint density at radius 2 is 1.90 bits per heavy atom. The molecule has 2 nitrogen and oxygen atoms in total. The lowest BCUT2D eigenvalue weighted by molar-refractivity contribution is 0.0983. The zero-order valence-corrected chi connectivity index (χ0v) is 13.9. The van der Waals surface area contributed by atoms with Crippen LogP contribution in [-0.2, 0) is 12.8 Å². The third-order valence-corrected chi connectivity index (χ3v) is 4.70. The molecule has 2 rings (SSSR count). The molecule has 1 N–H and O–H groups in total. The van der Waals surface area contributed by atoms with E-state index in [1.807, 2.05) is 38.1 Å². The van der Waals surface area contributed by atoms with Crippen LogP contribution >= 0.6 is 27.5 Å². The molecule has 20 heavy (non-hydrogen) atoms. The molecular formula is C16H17BrClNO. The molecule has 0 atom stereocenters. The van der Waals surface area contributed by atoms with Crippen LogP contribution in [0, 0.1) is 6.92 Å². The van der Waals surface area contributed by atoms with Crippen molar-refractivity contribution in [2.45, 2.75) is 33.1 Å². The molecule has 0 amide bonds. The molecule has 2 aromatic rings. The van der Waals surface area contributed by atoms with Gasteiger partial charge in [-0.25, -0.2) is 0 Å². The van der Waals surface area contributed by atoms with Crippen molar-refractivity contribution in [3.05, 3.63) is 56.3 Å². The molecular weight excluding hydrogens is 338 g/mol. The zero-order valence-electron chi connectivity index (χ0n) is 11.6. The van der Waals surface area contributed by atoms with Gasteiger partial charge in [-0.2, -0.15) is 0 Å². The molecule has 0 fully saturated rings. The summed E-state index contributed by atoms with van der Waals surface area (Å²) in [6.45, 7) is 3.91. The summed E-state index contributed by atoms with van der Waals surface area (Å²) in [4.78, 5) is 15.1. The van der Waals surface area contributed by atoms with Crippen molar-refractivity contribution in [1.29, 1.82) is 0 Å². The molecule has 0 unspecified atom stereocenters. The number of aromatic nitrogens is 1. The first-order chi connectivity index (χ1) is 9.52. The fourth-order valence-corrected chi connectivity index (χ4v) is 2.84. The van der Waals surface area contributed by atoms with E-state index < -0.39 is 0 Å². The maximum atomic E-state index is 11.8. The first-order valence-corrected chi connectivity index (χ1v) is 7.84. The minimum atomic E-state index is 0.137. The predicted molar refractivity (Wildman–Crippen MR) is 86.7 cm³/mol. The highest BCUT2D eigenvalue weighted by atomic mass is 79.9. The Kier molecular flexibility index (Phi) is 5.06. The van der Waals surface area contributed by atoms with E-state index in [1.165, 1.54) is 5.56 Å². The Labute approximate surface area is 132 Å². The normalized spacial score (nSPS) is 10.8. The van der Waals surface area contributed by atoms with E-state index >= 15 is 0 Å². The predicted octanol–water partition coefficient (Wildman–Crippen LogP) is 5.12. The minimum Gasteiger partial charge on any atom is -0.355 e. The van der Waals surface area contributed by atoms with Gasteiger partial charge in [-0.05, 0) is 59.0 Å². The van der Waals surface area contributed by atoms with Crippen LogP contribution in [0.2, 0.25) is 5.02 Å². The third-order valence-electron chi connectivity index (χ3n) is 3.45. The Bertz CT molecular complexity index is 616. The van der Waals surface area contributed by atoms with Crippen molar-refractivity contribution in [3.63, 3.8) is 0 Å². The van der Waals surface area contributed by atoms with Crippen molar-refractivity contribution >= 4 is 33.3 Å². The Morgan fingerprint density at radius 3 is 2.50 bits per heavy atom. The molecule has 0 aliphatic carbocycles. The summed E-state index contributed by atoms with van der Waals surface area (Å²) in [5.41, 5.74) is 4.17. The number of hydrogen-bond donors (Lipinski definition) is 1. The van der Waals surface area contributed by atoms with E-state index in [0.29, 0.717) is 12.1 Å². The van der Waals surface area contributed by atoms with Crippen LogP contribution in [0.1, 0.15) is 40.7 Å². The highest BCUT2D eigenvalue weighted by Crippen LogP contribution is 2.26. The number of H-pyrrole nitrogens is 1. The summed E-state index contributed by atoms with van der Waals surface area (Å²) in [5.74, 6) is 0.137. The van der Waals surface area contributed by atoms with Crippen LogP contribution < -0.4 is 0 Å². The largest absolute Gasteiger partial charge is 0.355 e. The van der Waals surface area contributed by atoms with Gasteiger partial charge < -0.3 is 4.98 Å². The van der Waals surface area contributed by atoms with Crippen molar-refractivity contribution in [2.24, 2.45) is 0 Å². The van der Waals surface area contributed by atoms with Crippen LogP contribution in [0.3, 0.4) is 0 Å². The Morgan fingerprint density at radius 1 is 1.25 bits per heavy atom. The number of carbonyl (C=O) groups is 1. The van der Waals surface area contributed by atoms with E-state index in [0.717, 1.165) is 33.6 Å². The number of Topliss-reactive ketones (excluding diaryl/α,β-unsaturated/α-hetero) is 1. The van der Waals surface area contributed by atoms with E-state index in [4.69, 9.17) is 11.6 Å². The van der Waals surface area contributed by atoms with Gasteiger partial charge in [-0.1, -0.05) is 30.7 Å². The van der Waals surface area contributed by atoms with Crippen LogP contribution in [0.25, 0.3) is 0 Å². The average Bonchev–Trinajstić information content (AvgIpc) is 2.74. The standard InChI is InChI=1S/C16H17BrClNO/c1-3-14(20)16-15(17)10(2)13(19-16)9-6-11-4-7-12(18)8-5-11/h4-5,7-8,19H,3,6,9H2,1-2H3. The highest BCUT2D eigenvalue weighted by Gasteiger charge is 2.16. The van der Waals surface area contributed by atoms with Gasteiger partial charge in [-0.15, -0.1) is 0 Å². The molecule has 1 heterocycles. The topological polar surface area (TPSA) is 32.9 Å². The minimum absolute atomic E-state index is 0.137. The Balaban J connectivity index is 2.14. The van der Waals surface area contributed by atoms with Crippen LogP contribution in [0.4, 0.5) is 0 Å². The van der Waals surface area contributed by atoms with Crippen molar-refractivity contribution in [3.8, 4) is 0 Å². The van der Waals surface area contributed by atoms with Crippen molar-refractivity contribution < 1.29 is 4.79 Å². The van der Waals surface area contributed by atoms with Crippen LogP contribution in [0.15, 0.2) is 28.7 Å². The van der Waals surface area contributed by atoms with Crippen molar-refractivity contribution in [2.75, 3.05) is 0 Å². The van der Waals surface area contributed by atoms with Gasteiger partial charge in [0.25, 0.3) is 0 Å². The molecule has 0 saturated heterocycles. The van der Waals surface area contributed by atoms with Gasteiger partial charge >= 0.3 is 0 Å². The van der Waals surface area contributed by atoms with Crippen LogP contribution in [0.5, 0.6) is 0 Å². The summed E-state index contributed by atoms with van der Waals surface area (Å²) < 4.78 is 0.899. The van der Waals surface area contributed by atoms with Crippen molar-refractivity contribution in [1.82, 2.24) is 4.98 Å². The molecule has 0 radical (unpaired) electrons. The number of nitrogens with one attached hydrogen (secondary N) is 1. The van der Waals surface area contributed by atoms with Gasteiger partial charge in [0.15, 0.2) is 5.78 Å². The van der Waals surface area contributed by atoms with Gasteiger partial charge in [0, 0.05) is 21.6 Å². The number of carbonyl (C=O) groups excluding carboxylic acids is 1. The van der Waals surface area contributed by atoms with Gasteiger partial charge in [0.1, 0.15) is 0 Å². The number of ketones is 1. The molecule has 0 spiro atoms. The summed E-state index contributed by atoms with van der Waals surface area (Å²) in [7, 11) is 0. The molecule has 1 aromatic heterocycles. The molecule has 0 aliphatic heterocycles. The van der Waals surface area contributed by atoms with Gasteiger partial charge in [0.2, 0.25) is 0 Å². The summed E-state index contributed by atoms with van der Waals surface area (Å²) >= 11 is 9.39. The lowest BCUT2D eigenvalue weighted by atomic mass is 10.1. The summed E-state index contributed by atoms with van der Waals surface area (Å²) in [6, 6.07) is 7.88. The Hall–Kier alpha value is -1.06. The molecule has 1 aromatic carbocycles. The second kappa shape index (κ2) is 6.59. The molecule has 0 saturated carbocycles. The third kappa shape index (κ3) is 3.33. The molecule has 4 heteroatoms. The summed E-state index contributed by atoms with van der Waals surface area (Å²) in [5, 5.41) is 0.753. The molecule has 0 aliphatic rings. The van der Waals surface area contributed by atoms with Gasteiger partial charge in [0.05, 0.1) is 5.69 Å². The van der Waals surface area contributed by atoms with Gasteiger partial charge in [-0.3, -0.25) is 4.79 Å². The highest BCUT2D eigenvalue weighted by molar-refractivity contribution is 9.10. The number of halogens is 2. The number of rotatable bonds is 5. The maximum absolute atomic E-state index is 11.8. The lowest BCUT2D eigenvalue weighted by Crippen LogP contribution is -1.99. The van der Waals surface area contributed by atoms with E-state index in [-0.39, 0.29) is 5.78 Å². The smallest absolute Gasteiger partial charge is 0.179 e. The van der Waals surface area contributed by atoms with E-state index in [9.17, 15) is 4.79 Å².